The molecule has 0 aromatic rings. The van der Waals surface area contributed by atoms with Gasteiger partial charge >= 0.3 is 0 Å². The second kappa shape index (κ2) is 6.65. The Bertz CT molecular complexity index is 898. The highest BCUT2D eigenvalue weighted by molar-refractivity contribution is 6.07. The third-order valence-electron chi connectivity index (χ3n) is 8.96. The lowest BCUT2D eigenvalue weighted by Gasteiger charge is -2.66. The minimum atomic E-state index is -1.09. The summed E-state index contributed by atoms with van der Waals surface area (Å²) in [6.45, 7) is 9.05. The number of hydrogen-bond donors (Lipinski definition) is 0. The average Bonchev–Trinajstić information content (AvgIpc) is 3.17. The molecule has 2 aliphatic heterocycles. The molecule has 7 heteroatoms. The fraction of sp³-hybridized carbons (Fsp3) is 0.750. The molecule has 0 radical (unpaired) electrons. The molecule has 0 N–H and O–H groups in total. The maximum atomic E-state index is 13.9. The van der Waals surface area contributed by atoms with Crippen molar-refractivity contribution < 1.29 is 33.3 Å². The van der Waals surface area contributed by atoms with Crippen molar-refractivity contribution in [2.24, 2.45) is 34.5 Å². The predicted octanol–water partition coefficient (Wildman–Crippen LogP) is 2.99. The Morgan fingerprint density at radius 2 is 1.77 bits per heavy atom. The fourth-order valence-electron chi connectivity index (χ4n) is 7.57. The quantitative estimate of drug-likeness (QED) is 0.664. The number of carbonyl (C=O) groups excluding carboxylic acids is 2. The number of carbonyl (C=O) groups is 2. The van der Waals surface area contributed by atoms with Crippen molar-refractivity contribution in [3.8, 4) is 0 Å². The minimum absolute atomic E-state index is 0.0540. The van der Waals surface area contributed by atoms with Crippen LogP contribution in [0.5, 0.6) is 0 Å². The van der Waals surface area contributed by atoms with E-state index in [1.165, 1.54) is 14.2 Å². The highest BCUT2D eigenvalue weighted by Crippen LogP contribution is 2.68. The second-order valence-corrected chi connectivity index (χ2v) is 10.2. The van der Waals surface area contributed by atoms with E-state index in [1.54, 1.807) is 0 Å². The summed E-state index contributed by atoms with van der Waals surface area (Å²) in [5.74, 6) is -1.27. The van der Waals surface area contributed by atoms with Crippen LogP contribution in [-0.2, 0) is 33.3 Å². The van der Waals surface area contributed by atoms with E-state index in [4.69, 9.17) is 23.7 Å². The Morgan fingerprint density at radius 3 is 2.39 bits per heavy atom. The van der Waals surface area contributed by atoms with E-state index >= 15 is 0 Å². The van der Waals surface area contributed by atoms with Gasteiger partial charge in [-0.25, -0.2) is 0 Å². The van der Waals surface area contributed by atoms with Gasteiger partial charge < -0.3 is 23.7 Å². The number of allylic oxidation sites excluding steroid dienone is 4. The van der Waals surface area contributed by atoms with E-state index < -0.39 is 22.7 Å². The van der Waals surface area contributed by atoms with E-state index in [1.807, 2.05) is 19.9 Å². The van der Waals surface area contributed by atoms with Crippen molar-refractivity contribution in [3.05, 3.63) is 23.2 Å². The normalized spacial score (nSPS) is 45.9. The first-order chi connectivity index (χ1) is 14.6. The summed E-state index contributed by atoms with van der Waals surface area (Å²) in [6.07, 6.45) is 2.73. The zero-order valence-corrected chi connectivity index (χ0v) is 19.2. The SMILES string of the molecule is COC1=C[C@@H](C)[C@@H]2C[C@H]3OC4(C[C@H]5C(C)=C(OC)C(=O)[C@H]([C@@]2(C)C1=O)[C@@]35C)OCCO4. The van der Waals surface area contributed by atoms with Gasteiger partial charge in [-0.15, -0.1) is 0 Å². The van der Waals surface area contributed by atoms with E-state index in [2.05, 4.69) is 13.8 Å². The van der Waals surface area contributed by atoms with Crippen molar-refractivity contribution in [1.29, 1.82) is 0 Å². The number of methoxy groups -OCH3 is 2. The molecule has 0 bridgehead atoms. The number of fused-ring (bicyclic) bond motifs is 2. The second-order valence-electron chi connectivity index (χ2n) is 10.2. The van der Waals surface area contributed by atoms with Gasteiger partial charge in [0, 0.05) is 23.2 Å². The van der Waals surface area contributed by atoms with Crippen molar-refractivity contribution in [3.63, 3.8) is 0 Å². The van der Waals surface area contributed by atoms with Crippen molar-refractivity contribution in [2.75, 3.05) is 27.4 Å². The summed E-state index contributed by atoms with van der Waals surface area (Å²) in [7, 11) is 3.05. The molecule has 0 unspecified atom stereocenters. The van der Waals surface area contributed by atoms with Crippen molar-refractivity contribution in [1.82, 2.24) is 0 Å². The summed E-state index contributed by atoms with van der Waals surface area (Å²) < 4.78 is 29.6. The van der Waals surface area contributed by atoms with Crippen LogP contribution >= 0.6 is 0 Å². The van der Waals surface area contributed by atoms with E-state index in [9.17, 15) is 9.59 Å². The van der Waals surface area contributed by atoms with Crippen LogP contribution in [0.1, 0.15) is 40.5 Å². The maximum absolute atomic E-state index is 13.9. The lowest BCUT2D eigenvalue weighted by atomic mass is 9.40. The van der Waals surface area contributed by atoms with Crippen LogP contribution in [0.15, 0.2) is 23.2 Å². The van der Waals surface area contributed by atoms with Crippen molar-refractivity contribution in [2.45, 2.75) is 52.6 Å². The minimum Gasteiger partial charge on any atom is -0.493 e. The summed E-state index contributed by atoms with van der Waals surface area (Å²) in [6, 6.07) is 0. The highest BCUT2D eigenvalue weighted by Gasteiger charge is 2.73. The van der Waals surface area contributed by atoms with Crippen LogP contribution in [-0.4, -0.2) is 51.1 Å². The Morgan fingerprint density at radius 1 is 1.10 bits per heavy atom. The molecule has 7 atom stereocenters. The topological polar surface area (TPSA) is 80.3 Å². The van der Waals surface area contributed by atoms with Gasteiger partial charge in [-0.05, 0) is 42.7 Å². The van der Waals surface area contributed by atoms with Gasteiger partial charge in [0.1, 0.15) is 0 Å². The van der Waals surface area contributed by atoms with Gasteiger partial charge in [0.2, 0.25) is 11.6 Å². The first-order valence-corrected chi connectivity index (χ1v) is 11.2. The van der Waals surface area contributed by atoms with E-state index in [-0.39, 0.29) is 35.4 Å². The highest BCUT2D eigenvalue weighted by atomic mass is 16.9. The monoisotopic (exact) mass is 432 g/mol. The number of ether oxygens (including phenoxy) is 5. The predicted molar refractivity (Wildman–Crippen MR) is 109 cm³/mol. The fourth-order valence-corrected chi connectivity index (χ4v) is 7.57. The maximum Gasteiger partial charge on any atom is 0.283 e. The van der Waals surface area contributed by atoms with Gasteiger partial charge in [-0.3, -0.25) is 9.59 Å². The molecule has 31 heavy (non-hydrogen) atoms. The number of hydrogen-bond acceptors (Lipinski definition) is 7. The Balaban J connectivity index is 1.73. The molecule has 3 aliphatic carbocycles. The van der Waals surface area contributed by atoms with Gasteiger partial charge in [0.15, 0.2) is 11.5 Å². The van der Waals surface area contributed by atoms with Crippen LogP contribution in [0.3, 0.4) is 0 Å². The van der Waals surface area contributed by atoms with E-state index in [0.717, 1.165) is 5.57 Å². The zero-order chi connectivity index (χ0) is 22.3. The lowest BCUT2D eigenvalue weighted by Crippen LogP contribution is -2.71. The molecule has 7 nitrogen and oxygen atoms in total. The summed E-state index contributed by atoms with van der Waals surface area (Å²) in [5, 5.41) is 0. The van der Waals surface area contributed by atoms with Crippen LogP contribution in [0.25, 0.3) is 0 Å². The third kappa shape index (κ3) is 2.45. The van der Waals surface area contributed by atoms with E-state index in [0.29, 0.717) is 37.6 Å². The van der Waals surface area contributed by atoms with Gasteiger partial charge in [-0.2, -0.15) is 0 Å². The van der Waals surface area contributed by atoms with Crippen LogP contribution < -0.4 is 0 Å². The summed E-state index contributed by atoms with van der Waals surface area (Å²) in [4.78, 5) is 27.7. The van der Waals surface area contributed by atoms with Gasteiger partial charge in [0.25, 0.3) is 5.97 Å². The van der Waals surface area contributed by atoms with Crippen molar-refractivity contribution >= 4 is 11.6 Å². The molecule has 2 heterocycles. The van der Waals surface area contributed by atoms with Gasteiger partial charge in [-0.1, -0.05) is 20.8 Å². The molecule has 3 fully saturated rings. The Labute approximate surface area is 183 Å². The molecule has 0 amide bonds. The molecule has 1 saturated carbocycles. The van der Waals surface area contributed by atoms with Gasteiger partial charge in [0.05, 0.1) is 33.5 Å². The van der Waals surface area contributed by atoms with Crippen LogP contribution in [0.2, 0.25) is 0 Å². The molecule has 5 rings (SSSR count). The zero-order valence-electron chi connectivity index (χ0n) is 19.2. The van der Waals surface area contributed by atoms with Crippen LogP contribution in [0, 0.1) is 34.5 Å². The molecule has 0 aromatic carbocycles. The number of rotatable bonds is 2. The Kier molecular flexibility index (Phi) is 4.54. The smallest absolute Gasteiger partial charge is 0.283 e. The number of Topliss-reactive ketones (excluding diaryl/α,β-unsaturated/α-hetero) is 2. The first-order valence-electron chi connectivity index (χ1n) is 11.2. The molecule has 1 spiro atoms. The molecular formula is C24H32O7. The molecular weight excluding hydrogens is 400 g/mol. The van der Waals surface area contributed by atoms with Crippen LogP contribution in [0.4, 0.5) is 0 Å². The largest absolute Gasteiger partial charge is 0.493 e. The number of ketones is 2. The molecule has 2 saturated heterocycles. The molecule has 0 aromatic heterocycles. The summed E-state index contributed by atoms with van der Waals surface area (Å²) in [5.41, 5.74) is -0.602. The first kappa shape index (κ1) is 21.2. The average molecular weight is 433 g/mol. The standard InChI is InChI=1S/C24H32O7/c1-12-9-16(27-5)21(26)23(4)14(12)10-17-22(3)15(11-24(31-17)29-7-8-30-24)13(2)19(28-6)18(25)20(22)23/h9,12,14-15,17,20H,7-8,10-11H2,1-6H3/t12-,14+,15+,17-,20+,22-,23+/m1/s1. The summed E-state index contributed by atoms with van der Waals surface area (Å²) >= 11 is 0. The third-order valence-corrected chi connectivity index (χ3v) is 8.96. The molecule has 170 valence electrons. The lowest BCUT2D eigenvalue weighted by molar-refractivity contribution is -0.405. The Hall–Kier alpha value is -1.70. The molecule has 5 aliphatic rings.